The minimum atomic E-state index is -0.441. The number of rotatable bonds is 11. The average Bonchev–Trinajstić information content (AvgIpc) is 3.42. The van der Waals surface area contributed by atoms with Crippen LogP contribution >= 0.6 is 0 Å². The van der Waals surface area contributed by atoms with Crippen molar-refractivity contribution in [2.75, 3.05) is 31.7 Å². The molecule has 1 aromatic rings. The number of ether oxygens (including phenoxy) is 4. The van der Waals surface area contributed by atoms with Gasteiger partial charge in [0.1, 0.15) is 0 Å². The van der Waals surface area contributed by atoms with Crippen LogP contribution in [-0.4, -0.2) is 61.9 Å². The van der Waals surface area contributed by atoms with Crippen molar-refractivity contribution in [1.29, 1.82) is 0 Å². The lowest BCUT2D eigenvalue weighted by Crippen LogP contribution is -2.67. The van der Waals surface area contributed by atoms with Gasteiger partial charge in [0.25, 0.3) is 0 Å². The average molecular weight is 360 g/mol. The molecule has 5 rings (SSSR count). The normalized spacial score (nSPS) is 35.9. The Balaban J connectivity index is 1.49. The SMILES string of the molecule is NC(CC1CO1)(CC1CO1)C(CC1CO1)(CC1CO1)Nc1ccccc1. The Hall–Kier alpha value is -1.18. The third-order valence-corrected chi connectivity index (χ3v) is 6.06. The highest BCUT2D eigenvalue weighted by Gasteiger charge is 2.57. The molecule has 0 radical (unpaired) electrons. The van der Waals surface area contributed by atoms with Crippen molar-refractivity contribution in [1.82, 2.24) is 0 Å². The maximum absolute atomic E-state index is 7.23. The van der Waals surface area contributed by atoms with Crippen molar-refractivity contribution in [2.45, 2.75) is 61.2 Å². The first-order chi connectivity index (χ1) is 12.6. The van der Waals surface area contributed by atoms with Crippen LogP contribution in [0, 0.1) is 0 Å². The van der Waals surface area contributed by atoms with Crippen molar-refractivity contribution >= 4 is 5.69 Å². The third kappa shape index (κ3) is 3.89. The fraction of sp³-hybridized carbons (Fsp3) is 0.700. The molecule has 4 aliphatic heterocycles. The molecule has 26 heavy (non-hydrogen) atoms. The van der Waals surface area contributed by atoms with Gasteiger partial charge in [0.2, 0.25) is 0 Å². The van der Waals surface area contributed by atoms with Crippen molar-refractivity contribution in [3.63, 3.8) is 0 Å². The summed E-state index contributed by atoms with van der Waals surface area (Å²) in [5.41, 5.74) is 7.57. The third-order valence-electron chi connectivity index (χ3n) is 6.06. The minimum absolute atomic E-state index is 0.260. The maximum Gasteiger partial charge on any atom is 0.0832 e. The van der Waals surface area contributed by atoms with Crippen LogP contribution < -0.4 is 11.1 Å². The standard InChI is InChI=1S/C20H28N2O4/c21-19(6-15-10-23-15,7-16-11-24-16)20(8-17-12-25-17,9-18-13-26-18)22-14-4-2-1-3-5-14/h1-5,15-18,22H,6-13,21H2. The maximum atomic E-state index is 7.23. The van der Waals surface area contributed by atoms with E-state index in [1.165, 1.54) is 0 Å². The van der Waals surface area contributed by atoms with Crippen molar-refractivity contribution in [3.05, 3.63) is 30.3 Å². The topological polar surface area (TPSA) is 88.2 Å². The van der Waals surface area contributed by atoms with Gasteiger partial charge in [-0.3, -0.25) is 0 Å². The Labute approximate surface area is 154 Å². The van der Waals surface area contributed by atoms with Gasteiger partial charge in [0.05, 0.1) is 56.4 Å². The number of nitrogens with two attached hydrogens (primary N) is 1. The summed E-state index contributed by atoms with van der Waals surface area (Å²) in [5.74, 6) is 0. The van der Waals surface area contributed by atoms with E-state index in [2.05, 4.69) is 29.6 Å². The fourth-order valence-electron chi connectivity index (χ4n) is 4.32. The molecule has 0 spiro atoms. The number of anilines is 1. The van der Waals surface area contributed by atoms with E-state index in [1.807, 2.05) is 6.07 Å². The monoisotopic (exact) mass is 360 g/mol. The Bertz CT molecular complexity index is 596. The minimum Gasteiger partial charge on any atom is -0.378 e. The number of hydrogen-bond acceptors (Lipinski definition) is 6. The highest BCUT2D eigenvalue weighted by Crippen LogP contribution is 2.46. The van der Waals surface area contributed by atoms with Crippen LogP contribution in [0.1, 0.15) is 25.7 Å². The first kappa shape index (κ1) is 17.0. The lowest BCUT2D eigenvalue weighted by molar-refractivity contribution is 0.137. The molecule has 0 saturated carbocycles. The van der Waals surface area contributed by atoms with Crippen LogP contribution in [0.2, 0.25) is 0 Å². The molecule has 6 heteroatoms. The summed E-state index contributed by atoms with van der Waals surface area (Å²) in [5, 5.41) is 3.85. The zero-order chi connectivity index (χ0) is 17.6. The van der Waals surface area contributed by atoms with Gasteiger partial charge >= 0.3 is 0 Å². The highest BCUT2D eigenvalue weighted by molar-refractivity contribution is 5.47. The quantitative estimate of drug-likeness (QED) is 0.584. The van der Waals surface area contributed by atoms with E-state index in [9.17, 15) is 0 Å². The summed E-state index contributed by atoms with van der Waals surface area (Å²) < 4.78 is 22.4. The van der Waals surface area contributed by atoms with Crippen LogP contribution in [0.25, 0.3) is 0 Å². The van der Waals surface area contributed by atoms with E-state index in [4.69, 9.17) is 24.7 Å². The number of nitrogens with one attached hydrogen (secondary N) is 1. The Kier molecular flexibility index (Phi) is 4.21. The zero-order valence-electron chi connectivity index (χ0n) is 15.1. The van der Waals surface area contributed by atoms with Crippen LogP contribution in [0.5, 0.6) is 0 Å². The van der Waals surface area contributed by atoms with Gasteiger partial charge in [-0.2, -0.15) is 0 Å². The van der Waals surface area contributed by atoms with Gasteiger partial charge in [-0.15, -0.1) is 0 Å². The summed E-state index contributed by atoms with van der Waals surface area (Å²) in [6.45, 7) is 3.26. The van der Waals surface area contributed by atoms with E-state index in [-0.39, 0.29) is 30.0 Å². The fourth-order valence-corrected chi connectivity index (χ4v) is 4.32. The molecule has 4 atom stereocenters. The molecular formula is C20H28N2O4. The largest absolute Gasteiger partial charge is 0.378 e. The number of para-hydroxylation sites is 1. The summed E-state index contributed by atoms with van der Waals surface area (Å²) in [6.07, 6.45) is 4.52. The smallest absolute Gasteiger partial charge is 0.0832 e. The zero-order valence-corrected chi connectivity index (χ0v) is 15.1. The van der Waals surface area contributed by atoms with Gasteiger partial charge in [-0.25, -0.2) is 0 Å². The van der Waals surface area contributed by atoms with Gasteiger partial charge in [0, 0.05) is 24.1 Å². The Morgan fingerprint density at radius 2 is 1.19 bits per heavy atom. The Morgan fingerprint density at radius 3 is 1.62 bits per heavy atom. The lowest BCUT2D eigenvalue weighted by Gasteiger charge is -2.50. The second-order valence-corrected chi connectivity index (χ2v) is 8.37. The van der Waals surface area contributed by atoms with Crippen molar-refractivity contribution < 1.29 is 18.9 Å². The van der Waals surface area contributed by atoms with Crippen LogP contribution in [-0.2, 0) is 18.9 Å². The molecule has 0 bridgehead atoms. The number of benzene rings is 1. The lowest BCUT2D eigenvalue weighted by atomic mass is 9.66. The van der Waals surface area contributed by atoms with Gasteiger partial charge < -0.3 is 30.0 Å². The predicted molar refractivity (Wildman–Crippen MR) is 97.1 cm³/mol. The number of epoxide rings is 4. The summed E-state index contributed by atoms with van der Waals surface area (Å²) >= 11 is 0. The molecule has 4 fully saturated rings. The molecule has 4 aliphatic rings. The first-order valence-corrected chi connectivity index (χ1v) is 9.73. The second-order valence-electron chi connectivity index (χ2n) is 8.37. The van der Waals surface area contributed by atoms with E-state index in [0.29, 0.717) is 0 Å². The van der Waals surface area contributed by atoms with Crippen LogP contribution in [0.4, 0.5) is 5.69 Å². The van der Waals surface area contributed by atoms with Gasteiger partial charge in [-0.1, -0.05) is 18.2 Å². The summed E-state index contributed by atoms with van der Waals surface area (Å²) in [6, 6.07) is 10.4. The second kappa shape index (κ2) is 6.46. The van der Waals surface area contributed by atoms with Crippen LogP contribution in [0.15, 0.2) is 30.3 Å². The van der Waals surface area contributed by atoms with Gasteiger partial charge in [0.15, 0.2) is 0 Å². The molecule has 0 aliphatic carbocycles. The molecule has 6 nitrogen and oxygen atoms in total. The predicted octanol–water partition coefficient (Wildman–Crippen LogP) is 1.69. The Morgan fingerprint density at radius 1 is 0.769 bits per heavy atom. The highest BCUT2D eigenvalue weighted by atomic mass is 16.6. The first-order valence-electron chi connectivity index (χ1n) is 9.73. The summed E-state index contributed by atoms with van der Waals surface area (Å²) in [7, 11) is 0. The summed E-state index contributed by atoms with van der Waals surface area (Å²) in [4.78, 5) is 0. The molecule has 4 unspecified atom stereocenters. The molecule has 4 heterocycles. The van der Waals surface area contributed by atoms with Crippen LogP contribution in [0.3, 0.4) is 0 Å². The van der Waals surface area contributed by atoms with Gasteiger partial charge in [-0.05, 0) is 25.0 Å². The molecule has 3 N–H and O–H groups in total. The van der Waals surface area contributed by atoms with E-state index < -0.39 is 5.54 Å². The number of hydrogen-bond donors (Lipinski definition) is 2. The molecule has 1 aromatic carbocycles. The van der Waals surface area contributed by atoms with E-state index >= 15 is 0 Å². The van der Waals surface area contributed by atoms with Crippen molar-refractivity contribution in [2.24, 2.45) is 5.73 Å². The molecule has 142 valence electrons. The van der Waals surface area contributed by atoms with E-state index in [1.54, 1.807) is 0 Å². The van der Waals surface area contributed by atoms with Crippen molar-refractivity contribution in [3.8, 4) is 0 Å². The molecular weight excluding hydrogens is 332 g/mol. The molecule has 4 saturated heterocycles. The van der Waals surface area contributed by atoms with E-state index in [0.717, 1.165) is 57.8 Å². The molecule has 0 aromatic heterocycles. The molecule has 0 amide bonds.